The largest absolute Gasteiger partial charge is 0.491 e. The molecule has 0 fully saturated rings. The number of ether oxygens (including phenoxy) is 1. The first-order valence-corrected chi connectivity index (χ1v) is 7.29. The number of aromatic amines is 1. The number of β-amino-alcohol motifs (C(OH)–C–C–N with tert-alkyl or cyclic N) is 1. The lowest BCUT2D eigenvalue weighted by Gasteiger charge is -2.19. The van der Waals surface area contributed by atoms with Crippen LogP contribution < -0.4 is 10.3 Å². The average molecular weight is 301 g/mol. The van der Waals surface area contributed by atoms with Crippen molar-refractivity contribution in [2.75, 3.05) is 13.2 Å². The minimum absolute atomic E-state index is 0.0833. The molecule has 0 bridgehead atoms. The lowest BCUT2D eigenvalue weighted by atomic mass is 10.3. The summed E-state index contributed by atoms with van der Waals surface area (Å²) in [4.78, 5) is 20.9. The Morgan fingerprint density at radius 3 is 2.91 bits per heavy atom. The standard InChI is InChI=1S/C16H19N3O3/c1-11-17-15-9-19(8-14(15)16(21)18-11)7-12(20)10-22-13-5-3-2-4-6-13/h2-6,12,20H,7-10H2,1H3,(H,17,18,21). The zero-order chi connectivity index (χ0) is 15.5. The van der Waals surface area contributed by atoms with Gasteiger partial charge in [-0.1, -0.05) is 18.2 Å². The van der Waals surface area contributed by atoms with Gasteiger partial charge in [-0.3, -0.25) is 9.69 Å². The topological polar surface area (TPSA) is 78.5 Å². The van der Waals surface area contributed by atoms with Crippen LogP contribution in [0.15, 0.2) is 35.1 Å². The van der Waals surface area contributed by atoms with Crippen molar-refractivity contribution in [2.45, 2.75) is 26.1 Å². The van der Waals surface area contributed by atoms with Crippen molar-refractivity contribution in [3.63, 3.8) is 0 Å². The van der Waals surface area contributed by atoms with E-state index in [4.69, 9.17) is 4.74 Å². The quantitative estimate of drug-likeness (QED) is 0.855. The molecule has 0 radical (unpaired) electrons. The predicted octanol–water partition coefficient (Wildman–Crippen LogP) is 0.834. The first-order valence-electron chi connectivity index (χ1n) is 7.29. The second-order valence-electron chi connectivity index (χ2n) is 5.52. The number of benzene rings is 1. The number of nitrogens with zero attached hydrogens (tertiary/aromatic N) is 2. The molecule has 1 unspecified atom stereocenters. The molecule has 6 nitrogen and oxygen atoms in total. The summed E-state index contributed by atoms with van der Waals surface area (Å²) in [7, 11) is 0. The van der Waals surface area contributed by atoms with E-state index >= 15 is 0 Å². The van der Waals surface area contributed by atoms with Crippen LogP contribution in [0.5, 0.6) is 5.75 Å². The van der Waals surface area contributed by atoms with Crippen LogP contribution in [0.4, 0.5) is 0 Å². The third kappa shape index (κ3) is 3.35. The monoisotopic (exact) mass is 301 g/mol. The highest BCUT2D eigenvalue weighted by Gasteiger charge is 2.25. The maximum Gasteiger partial charge on any atom is 0.255 e. The Balaban J connectivity index is 1.54. The van der Waals surface area contributed by atoms with E-state index in [1.165, 1.54) is 0 Å². The van der Waals surface area contributed by atoms with Gasteiger partial charge in [-0.25, -0.2) is 4.98 Å². The number of fused-ring (bicyclic) bond motifs is 1. The molecule has 2 N–H and O–H groups in total. The third-order valence-electron chi connectivity index (χ3n) is 3.63. The van der Waals surface area contributed by atoms with E-state index in [0.29, 0.717) is 31.0 Å². The molecule has 0 saturated carbocycles. The van der Waals surface area contributed by atoms with E-state index in [0.717, 1.165) is 11.4 Å². The van der Waals surface area contributed by atoms with Gasteiger partial charge < -0.3 is 14.8 Å². The number of aryl methyl sites for hydroxylation is 1. The Bertz CT molecular complexity index is 700. The van der Waals surface area contributed by atoms with Gasteiger partial charge in [-0.05, 0) is 19.1 Å². The molecule has 1 atom stereocenters. The lowest BCUT2D eigenvalue weighted by molar-refractivity contribution is 0.0670. The van der Waals surface area contributed by atoms with Crippen molar-refractivity contribution >= 4 is 0 Å². The molecule has 22 heavy (non-hydrogen) atoms. The molecule has 6 heteroatoms. The smallest absolute Gasteiger partial charge is 0.255 e. The van der Waals surface area contributed by atoms with E-state index in [-0.39, 0.29) is 12.2 Å². The van der Waals surface area contributed by atoms with Crippen LogP contribution in [-0.2, 0) is 13.1 Å². The number of aromatic nitrogens is 2. The van der Waals surface area contributed by atoms with Crippen LogP contribution in [0.2, 0.25) is 0 Å². The Hall–Kier alpha value is -2.18. The fourth-order valence-electron chi connectivity index (χ4n) is 2.64. The lowest BCUT2D eigenvalue weighted by Crippen LogP contribution is -2.32. The molecular formula is C16H19N3O3. The molecule has 3 rings (SSSR count). The number of nitrogens with one attached hydrogen (secondary N) is 1. The second kappa shape index (κ2) is 6.29. The molecule has 116 valence electrons. The fourth-order valence-corrected chi connectivity index (χ4v) is 2.64. The maximum atomic E-state index is 11.9. The molecule has 1 aromatic heterocycles. The number of H-pyrrole nitrogens is 1. The van der Waals surface area contributed by atoms with Crippen molar-refractivity contribution in [2.24, 2.45) is 0 Å². The number of aliphatic hydroxyl groups is 1. The predicted molar refractivity (Wildman–Crippen MR) is 81.7 cm³/mol. The molecule has 0 amide bonds. The highest BCUT2D eigenvalue weighted by Crippen LogP contribution is 2.18. The van der Waals surface area contributed by atoms with Crippen molar-refractivity contribution < 1.29 is 9.84 Å². The van der Waals surface area contributed by atoms with Crippen LogP contribution in [0.25, 0.3) is 0 Å². The van der Waals surface area contributed by atoms with Crippen LogP contribution in [0.1, 0.15) is 17.1 Å². The van der Waals surface area contributed by atoms with E-state index < -0.39 is 6.10 Å². The van der Waals surface area contributed by atoms with Gasteiger partial charge in [0.1, 0.15) is 24.3 Å². The molecule has 1 aromatic carbocycles. The van der Waals surface area contributed by atoms with E-state index in [1.54, 1.807) is 6.92 Å². The van der Waals surface area contributed by atoms with Gasteiger partial charge >= 0.3 is 0 Å². The molecule has 2 heterocycles. The summed E-state index contributed by atoms with van der Waals surface area (Å²) in [6.07, 6.45) is -0.616. The van der Waals surface area contributed by atoms with E-state index in [9.17, 15) is 9.90 Å². The van der Waals surface area contributed by atoms with Crippen molar-refractivity contribution in [1.29, 1.82) is 0 Å². The van der Waals surface area contributed by atoms with Crippen LogP contribution in [0, 0.1) is 6.92 Å². The van der Waals surface area contributed by atoms with Crippen LogP contribution in [0.3, 0.4) is 0 Å². The molecule has 1 aliphatic heterocycles. The minimum atomic E-state index is -0.616. The molecular weight excluding hydrogens is 282 g/mol. The SMILES string of the molecule is Cc1nc2c(c(=O)[nH]1)CN(CC(O)COc1ccccc1)C2. The third-order valence-corrected chi connectivity index (χ3v) is 3.63. The summed E-state index contributed by atoms with van der Waals surface area (Å²) in [6.45, 7) is 3.54. The molecule has 0 saturated heterocycles. The number of hydrogen-bond acceptors (Lipinski definition) is 5. The van der Waals surface area contributed by atoms with Gasteiger partial charge in [0.05, 0.1) is 11.3 Å². The summed E-state index contributed by atoms with van der Waals surface area (Å²) in [5, 5.41) is 10.1. The van der Waals surface area contributed by atoms with Crippen molar-refractivity contribution in [3.8, 4) is 5.75 Å². The fraction of sp³-hybridized carbons (Fsp3) is 0.375. The van der Waals surface area contributed by atoms with Crippen LogP contribution >= 0.6 is 0 Å². The van der Waals surface area contributed by atoms with Gasteiger partial charge in [0.15, 0.2) is 0 Å². The second-order valence-corrected chi connectivity index (χ2v) is 5.52. The number of hydrogen-bond donors (Lipinski definition) is 2. The normalized spacial score (nSPS) is 15.5. The Morgan fingerprint density at radius 1 is 1.36 bits per heavy atom. The number of para-hydroxylation sites is 1. The van der Waals surface area contributed by atoms with Gasteiger partial charge in [-0.2, -0.15) is 0 Å². The highest BCUT2D eigenvalue weighted by atomic mass is 16.5. The molecule has 1 aliphatic rings. The minimum Gasteiger partial charge on any atom is -0.491 e. The molecule has 2 aromatic rings. The summed E-state index contributed by atoms with van der Waals surface area (Å²) >= 11 is 0. The van der Waals surface area contributed by atoms with E-state index in [1.807, 2.05) is 35.2 Å². The Kier molecular flexibility index (Phi) is 4.22. The summed E-state index contributed by atoms with van der Waals surface area (Å²) in [5.41, 5.74) is 1.42. The van der Waals surface area contributed by atoms with E-state index in [2.05, 4.69) is 9.97 Å². The summed E-state index contributed by atoms with van der Waals surface area (Å²) in [6, 6.07) is 9.39. The van der Waals surface area contributed by atoms with Gasteiger partial charge in [0, 0.05) is 19.6 Å². The molecule has 0 aliphatic carbocycles. The van der Waals surface area contributed by atoms with Gasteiger partial charge in [-0.15, -0.1) is 0 Å². The van der Waals surface area contributed by atoms with Gasteiger partial charge in [0.25, 0.3) is 5.56 Å². The maximum absolute atomic E-state index is 11.9. The van der Waals surface area contributed by atoms with Gasteiger partial charge in [0.2, 0.25) is 0 Å². The number of rotatable bonds is 5. The Labute approximate surface area is 128 Å². The zero-order valence-electron chi connectivity index (χ0n) is 12.5. The van der Waals surface area contributed by atoms with Crippen LogP contribution in [-0.4, -0.2) is 39.2 Å². The van der Waals surface area contributed by atoms with Crippen molar-refractivity contribution in [3.05, 3.63) is 57.8 Å². The zero-order valence-corrected chi connectivity index (χ0v) is 12.5. The molecule has 0 spiro atoms. The van der Waals surface area contributed by atoms with Crippen molar-refractivity contribution in [1.82, 2.24) is 14.9 Å². The highest BCUT2D eigenvalue weighted by molar-refractivity contribution is 5.22. The number of aliphatic hydroxyl groups excluding tert-OH is 1. The first kappa shape index (κ1) is 14.7. The average Bonchev–Trinajstić information content (AvgIpc) is 2.89. The summed E-state index contributed by atoms with van der Waals surface area (Å²) in [5.74, 6) is 1.36. The Morgan fingerprint density at radius 2 is 2.14 bits per heavy atom. The summed E-state index contributed by atoms with van der Waals surface area (Å²) < 4.78 is 5.54. The first-order chi connectivity index (χ1) is 10.6.